The number of fused-ring (bicyclic) bond motifs is 1. The number of benzene rings is 4. The Hall–Kier alpha value is -2.81. The van der Waals surface area contributed by atoms with E-state index in [4.69, 9.17) is 11.6 Å². The molecule has 0 saturated carbocycles. The highest BCUT2D eigenvalue weighted by Gasteiger charge is 2.18. The quantitative estimate of drug-likeness (QED) is 0.361. The van der Waals surface area contributed by atoms with E-state index in [9.17, 15) is 5.11 Å². The van der Waals surface area contributed by atoms with Gasteiger partial charge < -0.3 is 10.4 Å². The number of halogens is 1. The van der Waals surface area contributed by atoms with Crippen molar-refractivity contribution in [2.24, 2.45) is 0 Å². The molecular formula is C26H24ClNO. The number of aliphatic hydroxyl groups is 1. The van der Waals surface area contributed by atoms with Gasteiger partial charge in [0.05, 0.1) is 12.1 Å². The first-order chi connectivity index (χ1) is 14.1. The van der Waals surface area contributed by atoms with E-state index in [1.165, 1.54) is 10.9 Å². The zero-order valence-electron chi connectivity index (χ0n) is 16.3. The number of anilines is 1. The van der Waals surface area contributed by atoms with E-state index in [0.717, 1.165) is 22.2 Å². The van der Waals surface area contributed by atoms with Gasteiger partial charge in [0.15, 0.2) is 0 Å². The predicted octanol–water partition coefficient (Wildman–Crippen LogP) is 7.08. The molecule has 0 aliphatic carbocycles. The van der Waals surface area contributed by atoms with Crippen LogP contribution in [0.1, 0.15) is 35.3 Å². The van der Waals surface area contributed by atoms with Crippen LogP contribution in [0.2, 0.25) is 5.02 Å². The van der Waals surface area contributed by atoms with Crippen LogP contribution in [0, 0.1) is 6.92 Å². The van der Waals surface area contributed by atoms with Crippen LogP contribution in [-0.4, -0.2) is 5.11 Å². The van der Waals surface area contributed by atoms with Gasteiger partial charge in [-0.1, -0.05) is 77.8 Å². The average molecular weight is 402 g/mol. The maximum absolute atomic E-state index is 11.0. The highest BCUT2D eigenvalue weighted by atomic mass is 35.5. The molecule has 3 heteroatoms. The molecule has 2 N–H and O–H groups in total. The predicted molar refractivity (Wildman–Crippen MR) is 123 cm³/mol. The van der Waals surface area contributed by atoms with Gasteiger partial charge in [0.2, 0.25) is 0 Å². The summed E-state index contributed by atoms with van der Waals surface area (Å²) in [6.45, 7) is 2.07. The Morgan fingerprint density at radius 2 is 1.45 bits per heavy atom. The van der Waals surface area contributed by atoms with Crippen molar-refractivity contribution in [1.29, 1.82) is 0 Å². The lowest BCUT2D eigenvalue weighted by Gasteiger charge is -2.24. The fraction of sp³-hybridized carbons (Fsp3) is 0.154. The molecule has 0 heterocycles. The molecule has 0 saturated heterocycles. The van der Waals surface area contributed by atoms with E-state index in [-0.39, 0.29) is 6.04 Å². The number of aliphatic hydroxyl groups excluding tert-OH is 1. The number of rotatable bonds is 6. The Bertz CT molecular complexity index is 1090. The second-order valence-corrected chi connectivity index (χ2v) is 7.91. The standard InChI is InChI=1S/C26H24ClNO/c1-18-6-14-24(15-7-18)28-25(20-10-12-23(27)13-11-20)17-26(29)22-9-8-19-4-2-3-5-21(19)16-22/h2-16,25-26,28-29H,17H2,1H3. The van der Waals surface area contributed by atoms with E-state index in [2.05, 4.69) is 60.8 Å². The number of nitrogens with one attached hydrogen (secondary N) is 1. The summed E-state index contributed by atoms with van der Waals surface area (Å²) < 4.78 is 0. The first-order valence-electron chi connectivity index (χ1n) is 9.84. The van der Waals surface area contributed by atoms with Gasteiger partial charge in [0.25, 0.3) is 0 Å². The second kappa shape index (κ2) is 8.69. The van der Waals surface area contributed by atoms with Crippen molar-refractivity contribution in [2.75, 3.05) is 5.32 Å². The zero-order valence-corrected chi connectivity index (χ0v) is 17.1. The highest BCUT2D eigenvalue weighted by molar-refractivity contribution is 6.30. The lowest BCUT2D eigenvalue weighted by atomic mass is 9.95. The molecular weight excluding hydrogens is 378 g/mol. The van der Waals surface area contributed by atoms with E-state index in [0.29, 0.717) is 11.4 Å². The first kappa shape index (κ1) is 19.5. The number of hydrogen-bond acceptors (Lipinski definition) is 2. The van der Waals surface area contributed by atoms with Gasteiger partial charge in [0, 0.05) is 17.1 Å². The van der Waals surface area contributed by atoms with Crippen molar-refractivity contribution < 1.29 is 5.11 Å². The molecule has 0 radical (unpaired) electrons. The Kier molecular flexibility index (Phi) is 5.84. The topological polar surface area (TPSA) is 32.3 Å². The summed E-state index contributed by atoms with van der Waals surface area (Å²) in [5, 5.41) is 17.6. The van der Waals surface area contributed by atoms with Gasteiger partial charge in [-0.05, 0) is 59.2 Å². The molecule has 0 aromatic heterocycles. The van der Waals surface area contributed by atoms with Crippen molar-refractivity contribution >= 4 is 28.1 Å². The molecule has 2 atom stereocenters. The van der Waals surface area contributed by atoms with Crippen molar-refractivity contribution in [3.8, 4) is 0 Å². The molecule has 0 amide bonds. The minimum Gasteiger partial charge on any atom is -0.388 e. The number of hydrogen-bond donors (Lipinski definition) is 2. The summed E-state index contributed by atoms with van der Waals surface area (Å²) in [6, 6.07) is 30.4. The van der Waals surface area contributed by atoms with Crippen molar-refractivity contribution in [2.45, 2.75) is 25.5 Å². The molecule has 0 spiro atoms. The maximum atomic E-state index is 11.0. The first-order valence-corrected chi connectivity index (χ1v) is 10.2. The lowest BCUT2D eigenvalue weighted by Crippen LogP contribution is -2.15. The zero-order chi connectivity index (χ0) is 20.2. The van der Waals surface area contributed by atoms with Gasteiger partial charge in [-0.15, -0.1) is 0 Å². The highest BCUT2D eigenvalue weighted by Crippen LogP contribution is 2.31. The third-order valence-corrected chi connectivity index (χ3v) is 5.53. The molecule has 0 fully saturated rings. The van der Waals surface area contributed by atoms with Crippen LogP contribution in [0.4, 0.5) is 5.69 Å². The molecule has 29 heavy (non-hydrogen) atoms. The summed E-state index contributed by atoms with van der Waals surface area (Å²) >= 11 is 6.08. The van der Waals surface area contributed by atoms with Gasteiger partial charge in [-0.3, -0.25) is 0 Å². The van der Waals surface area contributed by atoms with Crippen molar-refractivity contribution in [3.63, 3.8) is 0 Å². The third kappa shape index (κ3) is 4.79. The van der Waals surface area contributed by atoms with Crippen molar-refractivity contribution in [3.05, 3.63) is 113 Å². The monoisotopic (exact) mass is 401 g/mol. The Labute approximate surface area is 176 Å². The summed E-state index contributed by atoms with van der Waals surface area (Å²) in [7, 11) is 0. The van der Waals surface area contributed by atoms with E-state index in [1.54, 1.807) is 0 Å². The average Bonchev–Trinajstić information content (AvgIpc) is 2.75. The molecule has 2 unspecified atom stereocenters. The minimum atomic E-state index is -0.585. The van der Waals surface area contributed by atoms with Gasteiger partial charge >= 0.3 is 0 Å². The molecule has 4 rings (SSSR count). The Balaban J connectivity index is 1.60. The van der Waals surface area contributed by atoms with Gasteiger partial charge in [0.1, 0.15) is 0 Å². The second-order valence-electron chi connectivity index (χ2n) is 7.47. The fourth-order valence-electron chi connectivity index (χ4n) is 3.60. The molecule has 0 aliphatic rings. The minimum absolute atomic E-state index is 0.0450. The fourth-order valence-corrected chi connectivity index (χ4v) is 3.72. The summed E-state index contributed by atoms with van der Waals surface area (Å²) in [5.41, 5.74) is 4.26. The van der Waals surface area contributed by atoms with Crippen LogP contribution in [0.3, 0.4) is 0 Å². The van der Waals surface area contributed by atoms with Gasteiger partial charge in [-0.25, -0.2) is 0 Å². The molecule has 2 nitrogen and oxygen atoms in total. The van der Waals surface area contributed by atoms with Crippen LogP contribution in [0.5, 0.6) is 0 Å². The Morgan fingerprint density at radius 3 is 2.17 bits per heavy atom. The molecule has 146 valence electrons. The van der Waals surface area contributed by atoms with E-state index in [1.807, 2.05) is 42.5 Å². The third-order valence-electron chi connectivity index (χ3n) is 5.28. The van der Waals surface area contributed by atoms with Crippen LogP contribution >= 0.6 is 11.6 Å². The van der Waals surface area contributed by atoms with Crippen LogP contribution < -0.4 is 5.32 Å². The molecule has 4 aromatic rings. The molecule has 0 aliphatic heterocycles. The largest absolute Gasteiger partial charge is 0.388 e. The van der Waals surface area contributed by atoms with E-state index < -0.39 is 6.10 Å². The summed E-state index contributed by atoms with van der Waals surface area (Å²) in [5.74, 6) is 0. The van der Waals surface area contributed by atoms with Crippen molar-refractivity contribution in [1.82, 2.24) is 0 Å². The Morgan fingerprint density at radius 1 is 0.793 bits per heavy atom. The normalized spacial score (nSPS) is 13.2. The lowest BCUT2D eigenvalue weighted by molar-refractivity contribution is 0.161. The van der Waals surface area contributed by atoms with Crippen LogP contribution in [0.25, 0.3) is 10.8 Å². The van der Waals surface area contributed by atoms with Crippen LogP contribution in [0.15, 0.2) is 91.0 Å². The maximum Gasteiger partial charge on any atom is 0.0813 e. The van der Waals surface area contributed by atoms with Crippen LogP contribution in [-0.2, 0) is 0 Å². The summed E-state index contributed by atoms with van der Waals surface area (Å²) in [6.07, 6.45) is -0.0355. The number of aryl methyl sites for hydroxylation is 1. The summed E-state index contributed by atoms with van der Waals surface area (Å²) in [4.78, 5) is 0. The van der Waals surface area contributed by atoms with E-state index >= 15 is 0 Å². The molecule has 0 bridgehead atoms. The molecule has 4 aromatic carbocycles. The SMILES string of the molecule is Cc1ccc(NC(CC(O)c2ccc3ccccc3c2)c2ccc(Cl)cc2)cc1. The smallest absolute Gasteiger partial charge is 0.0813 e. The van der Waals surface area contributed by atoms with Gasteiger partial charge in [-0.2, -0.15) is 0 Å².